The van der Waals surface area contributed by atoms with Gasteiger partial charge in [0.05, 0.1) is 24.8 Å². The fourth-order valence-corrected chi connectivity index (χ4v) is 2.82. The van der Waals surface area contributed by atoms with Crippen molar-refractivity contribution in [3.8, 4) is 0 Å². The Morgan fingerprint density at radius 2 is 1.54 bits per heavy atom. The molecule has 1 aliphatic rings. The van der Waals surface area contributed by atoms with Crippen LogP contribution in [0.2, 0.25) is 0 Å². The predicted octanol–water partition coefficient (Wildman–Crippen LogP) is 1.75. The number of ether oxygens (including phenoxy) is 2. The number of nitrogens with one attached hydrogen (secondary N) is 1. The first kappa shape index (κ1) is 19.1. The molecule has 28 heavy (non-hydrogen) atoms. The number of carbonyl (C=O) groups excluding carboxylic acids is 4. The van der Waals surface area contributed by atoms with Crippen molar-refractivity contribution in [1.82, 2.24) is 10.2 Å². The maximum absolute atomic E-state index is 12.5. The molecule has 0 radical (unpaired) electrons. The van der Waals surface area contributed by atoms with Crippen LogP contribution in [0, 0.1) is 0 Å². The molecule has 0 bridgehead atoms. The number of esters is 1. The lowest BCUT2D eigenvalue weighted by Gasteiger charge is -2.21. The Labute approximate surface area is 161 Å². The molecule has 0 aliphatic carbocycles. The monoisotopic (exact) mass is 382 g/mol. The van der Waals surface area contributed by atoms with Gasteiger partial charge in [-0.05, 0) is 17.7 Å². The van der Waals surface area contributed by atoms with Crippen LogP contribution < -0.4 is 5.32 Å². The van der Waals surface area contributed by atoms with E-state index in [0.29, 0.717) is 0 Å². The molecule has 1 atom stereocenters. The molecule has 1 heterocycles. The fourth-order valence-electron chi connectivity index (χ4n) is 2.82. The number of rotatable bonds is 6. The minimum absolute atomic E-state index is 0.00752. The molecule has 1 aliphatic heterocycles. The molecular formula is C20H18N2O6. The standard InChI is InChI=1S/C20H18N2O6/c1-27-19(25)16(21-20(26)28-12-13-7-3-2-4-8-13)11-22-17(23)14-9-5-6-10-15(14)18(22)24/h2-10,16H,11-12H2,1H3,(H,21,26)/t16-/m0/s1. The first-order chi connectivity index (χ1) is 13.5. The van der Waals surface area contributed by atoms with E-state index in [1.807, 2.05) is 6.07 Å². The van der Waals surface area contributed by atoms with Gasteiger partial charge in [-0.2, -0.15) is 0 Å². The van der Waals surface area contributed by atoms with E-state index >= 15 is 0 Å². The van der Waals surface area contributed by atoms with E-state index in [9.17, 15) is 19.2 Å². The third-order valence-corrected chi connectivity index (χ3v) is 4.23. The molecule has 2 aromatic carbocycles. The van der Waals surface area contributed by atoms with Gasteiger partial charge in [0.1, 0.15) is 12.6 Å². The third-order valence-electron chi connectivity index (χ3n) is 4.23. The topological polar surface area (TPSA) is 102 Å². The second-order valence-electron chi connectivity index (χ2n) is 6.05. The minimum atomic E-state index is -1.25. The van der Waals surface area contributed by atoms with Crippen LogP contribution >= 0.6 is 0 Å². The zero-order valence-corrected chi connectivity index (χ0v) is 15.1. The Bertz CT molecular complexity index is 877. The van der Waals surface area contributed by atoms with Gasteiger partial charge in [-0.15, -0.1) is 0 Å². The van der Waals surface area contributed by atoms with Crippen LogP contribution in [0.25, 0.3) is 0 Å². The average molecular weight is 382 g/mol. The van der Waals surface area contributed by atoms with E-state index in [1.165, 1.54) is 12.1 Å². The Hall–Kier alpha value is -3.68. The summed E-state index contributed by atoms with van der Waals surface area (Å²) in [4.78, 5) is 50.0. The molecular weight excluding hydrogens is 364 g/mol. The van der Waals surface area contributed by atoms with Crippen LogP contribution in [0.15, 0.2) is 54.6 Å². The number of nitrogens with zero attached hydrogens (tertiary/aromatic N) is 1. The molecule has 1 N–H and O–H groups in total. The van der Waals surface area contributed by atoms with Gasteiger partial charge in [0, 0.05) is 0 Å². The van der Waals surface area contributed by atoms with E-state index in [-0.39, 0.29) is 24.3 Å². The number of fused-ring (bicyclic) bond motifs is 1. The maximum Gasteiger partial charge on any atom is 0.408 e. The van der Waals surface area contributed by atoms with Crippen LogP contribution in [0.1, 0.15) is 26.3 Å². The zero-order chi connectivity index (χ0) is 20.1. The third kappa shape index (κ3) is 4.01. The molecule has 0 saturated carbocycles. The van der Waals surface area contributed by atoms with Crippen LogP contribution in [0.5, 0.6) is 0 Å². The molecule has 3 rings (SSSR count). The molecule has 0 fully saturated rings. The largest absolute Gasteiger partial charge is 0.467 e. The lowest BCUT2D eigenvalue weighted by molar-refractivity contribution is -0.143. The van der Waals surface area contributed by atoms with Gasteiger partial charge >= 0.3 is 12.1 Å². The molecule has 8 nitrogen and oxygen atoms in total. The van der Waals surface area contributed by atoms with Crippen LogP contribution in [0.4, 0.5) is 4.79 Å². The molecule has 0 unspecified atom stereocenters. The average Bonchev–Trinajstić information content (AvgIpc) is 2.97. The first-order valence-electron chi connectivity index (χ1n) is 8.51. The van der Waals surface area contributed by atoms with Crippen molar-refractivity contribution in [1.29, 1.82) is 0 Å². The molecule has 144 valence electrons. The number of amides is 3. The summed E-state index contributed by atoms with van der Waals surface area (Å²) in [6, 6.07) is 14.1. The van der Waals surface area contributed by atoms with E-state index in [2.05, 4.69) is 10.1 Å². The number of hydrogen-bond acceptors (Lipinski definition) is 6. The summed E-state index contributed by atoms with van der Waals surface area (Å²) in [7, 11) is 1.15. The van der Waals surface area contributed by atoms with Crippen molar-refractivity contribution in [2.75, 3.05) is 13.7 Å². The van der Waals surface area contributed by atoms with Crippen molar-refractivity contribution in [2.45, 2.75) is 12.6 Å². The smallest absolute Gasteiger partial charge is 0.408 e. The SMILES string of the molecule is COC(=O)[C@H](CN1C(=O)c2ccccc2C1=O)NC(=O)OCc1ccccc1. The van der Waals surface area contributed by atoms with Gasteiger partial charge in [0.15, 0.2) is 0 Å². The number of carbonyl (C=O) groups is 4. The van der Waals surface area contributed by atoms with E-state index in [0.717, 1.165) is 17.6 Å². The summed E-state index contributed by atoms with van der Waals surface area (Å²) in [6.45, 7) is -0.354. The molecule has 0 aromatic heterocycles. The number of benzene rings is 2. The van der Waals surface area contributed by atoms with Gasteiger partial charge in [0.2, 0.25) is 0 Å². The highest BCUT2D eigenvalue weighted by atomic mass is 16.6. The van der Waals surface area contributed by atoms with E-state index in [4.69, 9.17) is 4.74 Å². The number of alkyl carbamates (subject to hydrolysis) is 1. The van der Waals surface area contributed by atoms with Crippen LogP contribution in [-0.2, 0) is 20.9 Å². The minimum Gasteiger partial charge on any atom is -0.467 e. The highest BCUT2D eigenvalue weighted by Crippen LogP contribution is 2.22. The quantitative estimate of drug-likeness (QED) is 0.603. The van der Waals surface area contributed by atoms with Gasteiger partial charge in [-0.1, -0.05) is 42.5 Å². The Kier molecular flexibility index (Phi) is 5.69. The van der Waals surface area contributed by atoms with Gasteiger partial charge in [-0.3, -0.25) is 14.5 Å². The van der Waals surface area contributed by atoms with Crippen molar-refractivity contribution in [3.05, 3.63) is 71.3 Å². The Balaban J connectivity index is 1.66. The van der Waals surface area contributed by atoms with Crippen molar-refractivity contribution in [3.63, 3.8) is 0 Å². The van der Waals surface area contributed by atoms with Crippen LogP contribution in [-0.4, -0.2) is 48.5 Å². The number of imide groups is 1. The number of methoxy groups -OCH3 is 1. The second-order valence-corrected chi connectivity index (χ2v) is 6.05. The molecule has 0 spiro atoms. The van der Waals surface area contributed by atoms with Crippen molar-refractivity contribution >= 4 is 23.9 Å². The molecule has 0 saturated heterocycles. The summed E-state index contributed by atoms with van der Waals surface area (Å²) in [5.74, 6) is -1.86. The lowest BCUT2D eigenvalue weighted by Crippen LogP contribution is -2.50. The van der Waals surface area contributed by atoms with Crippen molar-refractivity contribution in [2.24, 2.45) is 0 Å². The van der Waals surface area contributed by atoms with Gasteiger partial charge in [-0.25, -0.2) is 9.59 Å². The Morgan fingerprint density at radius 3 is 2.11 bits per heavy atom. The second kappa shape index (κ2) is 8.34. The summed E-state index contributed by atoms with van der Waals surface area (Å²) in [6.07, 6.45) is -0.865. The van der Waals surface area contributed by atoms with Crippen molar-refractivity contribution < 1.29 is 28.7 Å². The number of hydrogen-bond donors (Lipinski definition) is 1. The van der Waals surface area contributed by atoms with E-state index in [1.54, 1.807) is 36.4 Å². The summed E-state index contributed by atoms with van der Waals surface area (Å²) in [5.41, 5.74) is 1.28. The summed E-state index contributed by atoms with van der Waals surface area (Å²) >= 11 is 0. The highest BCUT2D eigenvalue weighted by molar-refractivity contribution is 6.21. The first-order valence-corrected chi connectivity index (χ1v) is 8.51. The fraction of sp³-hybridized carbons (Fsp3) is 0.200. The molecule has 3 amide bonds. The molecule has 8 heteroatoms. The Morgan fingerprint density at radius 1 is 0.964 bits per heavy atom. The van der Waals surface area contributed by atoms with E-state index < -0.39 is 29.9 Å². The van der Waals surface area contributed by atoms with Gasteiger partial charge < -0.3 is 14.8 Å². The normalized spacial score (nSPS) is 13.7. The maximum atomic E-state index is 12.5. The molecule has 2 aromatic rings. The van der Waals surface area contributed by atoms with Crippen LogP contribution in [0.3, 0.4) is 0 Å². The lowest BCUT2D eigenvalue weighted by atomic mass is 10.1. The zero-order valence-electron chi connectivity index (χ0n) is 15.1. The summed E-state index contributed by atoms with van der Waals surface area (Å²) < 4.78 is 9.76. The predicted molar refractivity (Wildman–Crippen MR) is 97.4 cm³/mol. The highest BCUT2D eigenvalue weighted by Gasteiger charge is 2.38. The summed E-state index contributed by atoms with van der Waals surface area (Å²) in [5, 5.41) is 2.35. The van der Waals surface area contributed by atoms with Gasteiger partial charge in [0.25, 0.3) is 11.8 Å².